The van der Waals surface area contributed by atoms with E-state index >= 15 is 0 Å². The Morgan fingerprint density at radius 1 is 1.36 bits per heavy atom. The molecule has 0 rings (SSSR count). The Labute approximate surface area is 67.8 Å². The van der Waals surface area contributed by atoms with Crippen LogP contribution in [0, 0.1) is 0 Å². The van der Waals surface area contributed by atoms with Gasteiger partial charge in [-0.2, -0.15) is 0 Å². The topological polar surface area (TPSA) is 121 Å². The van der Waals surface area contributed by atoms with Crippen LogP contribution in [0.3, 0.4) is 0 Å². The normalized spacial score (nSPS) is 7.55. The Hall–Kier alpha value is -0.362. The van der Waals surface area contributed by atoms with Crippen LogP contribution in [0.4, 0.5) is 0 Å². The molecule has 67 valence electrons. The summed E-state index contributed by atoms with van der Waals surface area (Å²) < 4.78 is 28.4. The van der Waals surface area contributed by atoms with Crippen LogP contribution >= 0.6 is 0 Å². The summed E-state index contributed by atoms with van der Waals surface area (Å²) in [5.74, 6) is -0.817. The number of carbonyl (C=O) groups is 1. The maximum atomic E-state index is 9.78. The van der Waals surface area contributed by atoms with E-state index in [-0.39, 0.29) is 0 Å². The van der Waals surface area contributed by atoms with Crippen molar-refractivity contribution in [2.24, 2.45) is 0 Å². The molecule has 0 aromatic carbocycles. The second kappa shape index (κ2) is 9.64. The van der Waals surface area contributed by atoms with Gasteiger partial charge in [-0.15, -0.1) is 0 Å². The summed E-state index contributed by atoms with van der Waals surface area (Å²) in [5, 5.41) is 15.7. The minimum atomic E-state index is -4.03. The first-order valence-electron chi connectivity index (χ1n) is 2.20. The molecule has 0 fully saturated rings. The van der Waals surface area contributed by atoms with Gasteiger partial charge in [0.2, 0.25) is 0 Å². The average Bonchev–Trinajstić information content (AvgIpc) is 1.87. The first-order chi connectivity index (χ1) is 5.04. The Morgan fingerprint density at radius 2 is 1.73 bits per heavy atom. The van der Waals surface area contributed by atoms with Crippen molar-refractivity contribution in [3.8, 4) is 0 Å². The van der Waals surface area contributed by atoms with Gasteiger partial charge in [0.25, 0.3) is 0 Å². The quantitative estimate of drug-likeness (QED) is 0.381. The van der Waals surface area contributed by atoms with Gasteiger partial charge in [-0.3, -0.25) is 0 Å². The molecule has 8 heteroatoms. The summed E-state index contributed by atoms with van der Waals surface area (Å²) >= 11 is -4.03. The third kappa shape index (κ3) is 26.1. The molecule has 0 atom stereocenters. The number of rotatable bonds is 2. The summed E-state index contributed by atoms with van der Waals surface area (Å²) in [6, 6.07) is 0. The van der Waals surface area contributed by atoms with E-state index < -0.39 is 37.0 Å². The van der Waals surface area contributed by atoms with Gasteiger partial charge >= 0.3 is 34.1 Å². The van der Waals surface area contributed by atoms with Crippen molar-refractivity contribution in [2.75, 3.05) is 13.4 Å². The molecule has 0 saturated heterocycles. The van der Waals surface area contributed by atoms with E-state index in [1.54, 1.807) is 0 Å². The second-order valence-electron chi connectivity index (χ2n) is 1.02. The first-order valence-corrected chi connectivity index (χ1v) is 5.91. The molecule has 0 heterocycles. The van der Waals surface area contributed by atoms with Crippen molar-refractivity contribution < 1.29 is 47.9 Å². The Kier molecular flexibility index (Phi) is 11.6. The molecule has 11 heavy (non-hydrogen) atoms. The predicted molar refractivity (Wildman–Crippen MR) is 23.9 cm³/mol. The fourth-order valence-electron chi connectivity index (χ4n) is 0.118. The summed E-state index contributed by atoms with van der Waals surface area (Å²) in [6.45, 7) is -1.35. The number of hydrogen-bond donors (Lipinski definition) is 3. The SMILES string of the molecule is O=C(CO)OCO.[O]=[W](=[O])[OH]. The van der Waals surface area contributed by atoms with Gasteiger partial charge in [-0.05, 0) is 0 Å². The van der Waals surface area contributed by atoms with Crippen LogP contribution < -0.4 is 0 Å². The number of esters is 1. The van der Waals surface area contributed by atoms with Crippen LogP contribution in [0.2, 0.25) is 0 Å². The molecule has 0 amide bonds. The third-order valence-corrected chi connectivity index (χ3v) is 0.355. The molecule has 0 saturated carbocycles. The fraction of sp³-hybridized carbons (Fsp3) is 0.667. The standard InChI is InChI=1S/C3H6O4.H2O.2O.W/c4-1-3(6)7-2-5;;;;/h4-5H,1-2H2;1H2;;;/q;;;;+1/p-1. The third-order valence-electron chi connectivity index (χ3n) is 0.355. The molecule has 7 nitrogen and oxygen atoms in total. The number of carbonyl (C=O) groups excluding carboxylic acids is 1. The Balaban J connectivity index is 0. The van der Waals surface area contributed by atoms with E-state index in [2.05, 4.69) is 4.74 Å². The van der Waals surface area contributed by atoms with Crippen LogP contribution in [-0.4, -0.2) is 33.3 Å². The van der Waals surface area contributed by atoms with Crippen molar-refractivity contribution in [1.82, 2.24) is 0 Å². The summed E-state index contributed by atoms with van der Waals surface area (Å²) in [5.41, 5.74) is 0. The number of aliphatic hydroxyl groups is 2. The zero-order chi connectivity index (χ0) is 9.28. The van der Waals surface area contributed by atoms with Gasteiger partial charge in [0.1, 0.15) is 6.61 Å². The molecule has 0 aliphatic rings. The van der Waals surface area contributed by atoms with Crippen LogP contribution in [0.5, 0.6) is 0 Å². The van der Waals surface area contributed by atoms with Crippen molar-refractivity contribution in [3.63, 3.8) is 0 Å². The van der Waals surface area contributed by atoms with E-state index in [9.17, 15) is 4.79 Å². The van der Waals surface area contributed by atoms with Crippen LogP contribution in [0.15, 0.2) is 0 Å². The van der Waals surface area contributed by atoms with E-state index in [1.165, 1.54) is 0 Å². The van der Waals surface area contributed by atoms with E-state index in [1.807, 2.05) is 0 Å². The molecule has 0 bridgehead atoms. The van der Waals surface area contributed by atoms with Gasteiger partial charge in [0, 0.05) is 0 Å². The van der Waals surface area contributed by atoms with Gasteiger partial charge < -0.3 is 14.9 Å². The zero-order valence-electron chi connectivity index (χ0n) is 5.30. The molecule has 0 aromatic rings. The molecule has 3 N–H and O–H groups in total. The fourth-order valence-corrected chi connectivity index (χ4v) is 0.118. The van der Waals surface area contributed by atoms with Gasteiger partial charge in [0.15, 0.2) is 6.79 Å². The van der Waals surface area contributed by atoms with Crippen molar-refractivity contribution in [3.05, 3.63) is 0 Å². The average molecular weight is 339 g/mol. The number of ether oxygens (including phenoxy) is 1. The van der Waals surface area contributed by atoms with Crippen LogP contribution in [0.25, 0.3) is 0 Å². The molecular weight excluding hydrogens is 332 g/mol. The Morgan fingerprint density at radius 3 is 1.82 bits per heavy atom. The van der Waals surface area contributed by atoms with E-state index in [0.29, 0.717) is 0 Å². The number of hydrogen-bond acceptors (Lipinski definition) is 6. The van der Waals surface area contributed by atoms with Gasteiger partial charge in [-0.25, -0.2) is 4.79 Å². The summed E-state index contributed by atoms with van der Waals surface area (Å²) in [6.07, 6.45) is 0. The predicted octanol–water partition coefficient (Wildman–Crippen LogP) is -2.33. The Bertz CT molecular complexity index is 153. The molecule has 0 unspecified atom stereocenters. The van der Waals surface area contributed by atoms with Gasteiger partial charge in [0.05, 0.1) is 0 Å². The zero-order valence-corrected chi connectivity index (χ0v) is 8.23. The van der Waals surface area contributed by atoms with E-state index in [0.717, 1.165) is 0 Å². The summed E-state index contributed by atoms with van der Waals surface area (Å²) in [7, 11) is 0. The molecular formula is C3H7O7W. The molecule has 0 spiro atoms. The van der Waals surface area contributed by atoms with Crippen molar-refractivity contribution in [1.29, 1.82) is 0 Å². The second-order valence-corrected chi connectivity index (χ2v) is 2.58. The molecule has 0 aromatic heterocycles. The minimum absolute atomic E-state index is 0.667. The maximum absolute atomic E-state index is 9.78. The monoisotopic (exact) mass is 339 g/mol. The van der Waals surface area contributed by atoms with Gasteiger partial charge in [-0.1, -0.05) is 0 Å². The molecule has 0 aliphatic heterocycles. The summed E-state index contributed by atoms with van der Waals surface area (Å²) in [4.78, 5) is 9.78. The number of aliphatic hydroxyl groups excluding tert-OH is 2. The van der Waals surface area contributed by atoms with E-state index in [4.69, 9.17) is 20.8 Å². The van der Waals surface area contributed by atoms with Crippen LogP contribution in [0.1, 0.15) is 0 Å². The van der Waals surface area contributed by atoms with Crippen molar-refractivity contribution in [2.45, 2.75) is 0 Å². The molecule has 0 radical (unpaired) electrons. The first kappa shape index (κ1) is 13.2. The van der Waals surface area contributed by atoms with Crippen molar-refractivity contribution >= 4 is 5.97 Å². The molecule has 0 aliphatic carbocycles. The van der Waals surface area contributed by atoms with Crippen LogP contribution in [-0.2, 0) is 33.9 Å².